The molecule has 1 aromatic carbocycles. The highest BCUT2D eigenvalue weighted by Crippen LogP contribution is 2.20. The molecule has 4 nitrogen and oxygen atoms in total. The van der Waals surface area contributed by atoms with E-state index in [0.717, 1.165) is 18.0 Å². The fourth-order valence-electron chi connectivity index (χ4n) is 1.77. The van der Waals surface area contributed by atoms with E-state index in [4.69, 9.17) is 10.3 Å². The molecule has 2 N–H and O–H groups in total. The molecule has 2 aromatic rings. The van der Waals surface area contributed by atoms with Gasteiger partial charge in [-0.2, -0.15) is 16.7 Å². The molecule has 1 heterocycles. The van der Waals surface area contributed by atoms with Gasteiger partial charge in [0, 0.05) is 5.25 Å². The zero-order valence-corrected chi connectivity index (χ0v) is 12.8. The molecule has 0 aliphatic rings. The molecule has 1 aromatic heterocycles. The van der Waals surface area contributed by atoms with Crippen LogP contribution in [0.5, 0.6) is 0 Å². The number of nitrogens with two attached hydrogens (primary N) is 1. The van der Waals surface area contributed by atoms with Gasteiger partial charge >= 0.3 is 0 Å². The van der Waals surface area contributed by atoms with Crippen molar-refractivity contribution < 1.29 is 4.52 Å². The number of hydrogen-bond acceptors (Lipinski definition) is 5. The molecule has 2 atom stereocenters. The highest BCUT2D eigenvalue weighted by Gasteiger charge is 2.15. The Morgan fingerprint density at radius 1 is 1.30 bits per heavy atom. The Hall–Kier alpha value is -1.33. The third-order valence-electron chi connectivity index (χ3n) is 3.17. The minimum absolute atomic E-state index is 0.243. The Bertz CT molecular complexity index is 515. The van der Waals surface area contributed by atoms with Gasteiger partial charge in [0.2, 0.25) is 5.89 Å². The summed E-state index contributed by atoms with van der Waals surface area (Å²) in [5.41, 5.74) is 7.29. The first-order valence-electron chi connectivity index (χ1n) is 6.92. The normalized spacial score (nSPS) is 14.2. The highest BCUT2D eigenvalue weighted by atomic mass is 32.2. The van der Waals surface area contributed by atoms with Crippen LogP contribution in [0.4, 0.5) is 0 Å². The summed E-state index contributed by atoms with van der Waals surface area (Å²) in [6, 6.07) is 9.86. The largest absolute Gasteiger partial charge is 0.338 e. The van der Waals surface area contributed by atoms with Crippen LogP contribution in [0.25, 0.3) is 0 Å². The van der Waals surface area contributed by atoms with E-state index in [9.17, 15) is 0 Å². The second kappa shape index (κ2) is 7.45. The lowest BCUT2D eigenvalue weighted by Gasteiger charge is -2.06. The van der Waals surface area contributed by atoms with E-state index in [-0.39, 0.29) is 6.04 Å². The van der Waals surface area contributed by atoms with Gasteiger partial charge in [-0.15, -0.1) is 0 Å². The zero-order valence-electron chi connectivity index (χ0n) is 12.0. The molecule has 0 aliphatic carbocycles. The van der Waals surface area contributed by atoms with E-state index < -0.39 is 0 Å². The topological polar surface area (TPSA) is 64.9 Å². The maximum atomic E-state index is 6.12. The van der Waals surface area contributed by atoms with Crippen LogP contribution in [0, 0.1) is 0 Å². The van der Waals surface area contributed by atoms with Crippen LogP contribution >= 0.6 is 11.8 Å². The maximum Gasteiger partial charge on any atom is 0.243 e. The van der Waals surface area contributed by atoms with E-state index in [1.807, 2.05) is 30.0 Å². The fourth-order valence-corrected chi connectivity index (χ4v) is 2.55. The number of hydrogen-bond donors (Lipinski definition) is 1. The summed E-state index contributed by atoms with van der Waals surface area (Å²) < 4.78 is 5.27. The summed E-state index contributed by atoms with van der Waals surface area (Å²) in [5.74, 6) is 2.03. The Balaban J connectivity index is 1.91. The van der Waals surface area contributed by atoms with Gasteiger partial charge in [-0.05, 0) is 18.4 Å². The fraction of sp³-hybridized carbons (Fsp3) is 0.467. The smallest absolute Gasteiger partial charge is 0.243 e. The predicted molar refractivity (Wildman–Crippen MR) is 82.4 cm³/mol. The SMILES string of the molecule is CCC(C)SCc1noc([C@@H](N)Cc2ccccc2)n1. The van der Waals surface area contributed by atoms with Crippen molar-refractivity contribution in [1.29, 1.82) is 0 Å². The van der Waals surface area contributed by atoms with Crippen LogP contribution in [-0.2, 0) is 12.2 Å². The van der Waals surface area contributed by atoms with Gasteiger partial charge in [0.25, 0.3) is 0 Å². The van der Waals surface area contributed by atoms with Crippen molar-refractivity contribution in [2.24, 2.45) is 5.73 Å². The first-order chi connectivity index (χ1) is 9.69. The minimum Gasteiger partial charge on any atom is -0.338 e. The highest BCUT2D eigenvalue weighted by molar-refractivity contribution is 7.99. The van der Waals surface area contributed by atoms with Crippen molar-refractivity contribution in [3.8, 4) is 0 Å². The summed E-state index contributed by atoms with van der Waals surface area (Å²) >= 11 is 1.83. The maximum absolute atomic E-state index is 6.12. The molecule has 0 amide bonds. The molecule has 1 unspecified atom stereocenters. The molecule has 0 saturated carbocycles. The van der Waals surface area contributed by atoms with Gasteiger partial charge in [-0.1, -0.05) is 49.3 Å². The number of benzene rings is 1. The molecule has 0 bridgehead atoms. The van der Waals surface area contributed by atoms with E-state index in [1.165, 1.54) is 5.56 Å². The molecule has 0 radical (unpaired) electrons. The Morgan fingerprint density at radius 2 is 2.05 bits per heavy atom. The summed E-state index contributed by atoms with van der Waals surface area (Å²) in [5, 5.41) is 4.60. The Labute approximate surface area is 124 Å². The monoisotopic (exact) mass is 291 g/mol. The van der Waals surface area contributed by atoms with E-state index >= 15 is 0 Å². The summed E-state index contributed by atoms with van der Waals surface area (Å²) in [6.45, 7) is 4.38. The number of aromatic nitrogens is 2. The molecule has 5 heteroatoms. The molecule has 0 fully saturated rings. The second-order valence-corrected chi connectivity index (χ2v) is 6.30. The lowest BCUT2D eigenvalue weighted by molar-refractivity contribution is 0.351. The van der Waals surface area contributed by atoms with Crippen molar-refractivity contribution in [3.63, 3.8) is 0 Å². The lowest BCUT2D eigenvalue weighted by Crippen LogP contribution is -2.13. The van der Waals surface area contributed by atoms with Crippen molar-refractivity contribution >= 4 is 11.8 Å². The summed E-state index contributed by atoms with van der Waals surface area (Å²) in [6.07, 6.45) is 1.85. The summed E-state index contributed by atoms with van der Waals surface area (Å²) in [7, 11) is 0. The molecule has 20 heavy (non-hydrogen) atoms. The first-order valence-corrected chi connectivity index (χ1v) is 7.97. The molecule has 2 rings (SSSR count). The van der Waals surface area contributed by atoms with Gasteiger partial charge in [0.05, 0.1) is 11.8 Å². The zero-order chi connectivity index (χ0) is 14.4. The average Bonchev–Trinajstić information content (AvgIpc) is 2.95. The van der Waals surface area contributed by atoms with Gasteiger partial charge in [0.15, 0.2) is 5.82 Å². The summed E-state index contributed by atoms with van der Waals surface area (Å²) in [4.78, 5) is 4.39. The van der Waals surface area contributed by atoms with E-state index in [1.54, 1.807) is 0 Å². The molecule has 0 aliphatic heterocycles. The van der Waals surface area contributed by atoms with Crippen molar-refractivity contribution in [2.45, 2.75) is 43.7 Å². The van der Waals surface area contributed by atoms with Crippen LogP contribution in [0.3, 0.4) is 0 Å². The van der Waals surface area contributed by atoms with Gasteiger partial charge in [-0.25, -0.2) is 0 Å². The quantitative estimate of drug-likeness (QED) is 0.847. The van der Waals surface area contributed by atoms with Gasteiger partial charge < -0.3 is 10.3 Å². The van der Waals surface area contributed by atoms with Gasteiger partial charge in [0.1, 0.15) is 0 Å². The van der Waals surface area contributed by atoms with Crippen LogP contribution in [0.2, 0.25) is 0 Å². The van der Waals surface area contributed by atoms with Crippen LogP contribution in [-0.4, -0.2) is 15.4 Å². The number of thioether (sulfide) groups is 1. The van der Waals surface area contributed by atoms with Crippen LogP contribution < -0.4 is 5.73 Å². The van der Waals surface area contributed by atoms with Crippen molar-refractivity contribution in [2.75, 3.05) is 0 Å². The van der Waals surface area contributed by atoms with Crippen molar-refractivity contribution in [3.05, 3.63) is 47.6 Å². The molecule has 0 saturated heterocycles. The molecule has 0 spiro atoms. The molecular weight excluding hydrogens is 270 g/mol. The lowest BCUT2D eigenvalue weighted by atomic mass is 10.1. The standard InChI is InChI=1S/C15H21N3OS/c1-3-11(2)20-10-14-17-15(19-18-14)13(16)9-12-7-5-4-6-8-12/h4-8,11,13H,3,9-10,16H2,1-2H3/t11?,13-/m0/s1. The van der Waals surface area contributed by atoms with E-state index in [0.29, 0.717) is 17.6 Å². The van der Waals surface area contributed by atoms with Crippen LogP contribution in [0.1, 0.15) is 43.6 Å². The van der Waals surface area contributed by atoms with E-state index in [2.05, 4.69) is 36.1 Å². The van der Waals surface area contributed by atoms with Crippen molar-refractivity contribution in [1.82, 2.24) is 10.1 Å². The average molecular weight is 291 g/mol. The predicted octanol–water partition coefficient (Wildman–Crippen LogP) is 3.34. The third-order valence-corrected chi connectivity index (χ3v) is 4.50. The second-order valence-electron chi connectivity index (χ2n) is 4.87. The molecular formula is C15H21N3OS. The van der Waals surface area contributed by atoms with Crippen LogP contribution in [0.15, 0.2) is 34.9 Å². The minimum atomic E-state index is -0.243. The number of nitrogens with zero attached hydrogens (tertiary/aromatic N) is 2. The first kappa shape index (κ1) is 15.1. The Morgan fingerprint density at radius 3 is 2.75 bits per heavy atom. The number of rotatable bonds is 7. The van der Waals surface area contributed by atoms with Gasteiger partial charge in [-0.3, -0.25) is 0 Å². The Kier molecular flexibility index (Phi) is 5.61. The third kappa shape index (κ3) is 4.35. The molecule has 108 valence electrons.